The van der Waals surface area contributed by atoms with Crippen LogP contribution in [0.2, 0.25) is 5.02 Å². The Bertz CT molecular complexity index is 1000. The van der Waals surface area contributed by atoms with E-state index in [0.29, 0.717) is 28.5 Å². The average Bonchev–Trinajstić information content (AvgIpc) is 3.00. The number of aromatic nitrogens is 4. The molecule has 0 fully saturated rings. The summed E-state index contributed by atoms with van der Waals surface area (Å²) in [6, 6.07) is 5.18. The van der Waals surface area contributed by atoms with Crippen molar-refractivity contribution in [1.82, 2.24) is 19.6 Å². The quantitative estimate of drug-likeness (QED) is 0.646. The van der Waals surface area contributed by atoms with Crippen LogP contribution in [-0.4, -0.2) is 32.7 Å². The number of nitrogen functional groups attached to an aromatic ring is 1. The van der Waals surface area contributed by atoms with Gasteiger partial charge in [-0.15, -0.1) is 5.10 Å². The number of fused-ring (bicyclic) bond motifs is 1. The number of esters is 1. The molecule has 27 heavy (non-hydrogen) atoms. The summed E-state index contributed by atoms with van der Waals surface area (Å²) in [4.78, 5) is 20.6. The number of hydrogen-bond donors (Lipinski definition) is 1. The van der Waals surface area contributed by atoms with Crippen molar-refractivity contribution in [3.05, 3.63) is 45.7 Å². The molecule has 0 spiro atoms. The Morgan fingerprint density at radius 2 is 2.07 bits per heavy atom. The van der Waals surface area contributed by atoms with Gasteiger partial charge in [0, 0.05) is 28.4 Å². The largest absolute Gasteiger partial charge is 0.496 e. The molecule has 3 aromatic rings. The summed E-state index contributed by atoms with van der Waals surface area (Å²) in [5, 5.41) is 4.68. The molecule has 0 amide bonds. The molecule has 2 N–H and O–H groups in total. The van der Waals surface area contributed by atoms with Crippen molar-refractivity contribution in [3.63, 3.8) is 0 Å². The highest BCUT2D eigenvalue weighted by molar-refractivity contribution is 6.30. The second-order valence-electron chi connectivity index (χ2n) is 6.06. The van der Waals surface area contributed by atoms with Crippen molar-refractivity contribution >= 4 is 29.3 Å². The molecule has 142 valence electrons. The van der Waals surface area contributed by atoms with E-state index in [4.69, 9.17) is 26.8 Å². The SMILES string of the molecule is COc1ccc(Cl)cc1COC(=O)CCc1c(C)nc2nc(N)nn2c1C. The normalized spacial score (nSPS) is 11.0. The Balaban J connectivity index is 1.66. The van der Waals surface area contributed by atoms with Crippen LogP contribution in [0.5, 0.6) is 5.75 Å². The summed E-state index contributed by atoms with van der Waals surface area (Å²) < 4.78 is 12.2. The predicted octanol–water partition coefficient (Wildman–Crippen LogP) is 2.66. The zero-order chi connectivity index (χ0) is 19.6. The summed E-state index contributed by atoms with van der Waals surface area (Å²) in [6.45, 7) is 3.86. The van der Waals surface area contributed by atoms with Crippen LogP contribution >= 0.6 is 11.6 Å². The van der Waals surface area contributed by atoms with Crippen molar-refractivity contribution in [3.8, 4) is 5.75 Å². The van der Waals surface area contributed by atoms with Crippen LogP contribution in [0.25, 0.3) is 5.78 Å². The first-order valence-corrected chi connectivity index (χ1v) is 8.73. The van der Waals surface area contributed by atoms with Gasteiger partial charge in [-0.05, 0) is 44.0 Å². The van der Waals surface area contributed by atoms with Crippen LogP contribution in [0.1, 0.15) is 28.9 Å². The Kier molecular flexibility index (Phi) is 5.46. The fraction of sp³-hybridized carbons (Fsp3) is 0.333. The molecular formula is C18H20ClN5O3. The molecule has 8 nitrogen and oxygen atoms in total. The lowest BCUT2D eigenvalue weighted by Gasteiger charge is -2.11. The number of anilines is 1. The van der Waals surface area contributed by atoms with E-state index >= 15 is 0 Å². The smallest absolute Gasteiger partial charge is 0.306 e. The number of methoxy groups -OCH3 is 1. The minimum atomic E-state index is -0.325. The van der Waals surface area contributed by atoms with Gasteiger partial charge in [0.15, 0.2) is 0 Å². The number of nitrogens with two attached hydrogens (primary N) is 1. The van der Waals surface area contributed by atoms with E-state index in [1.165, 1.54) is 0 Å². The van der Waals surface area contributed by atoms with Gasteiger partial charge in [-0.2, -0.15) is 9.50 Å². The van der Waals surface area contributed by atoms with Crippen LogP contribution in [0, 0.1) is 13.8 Å². The molecule has 0 radical (unpaired) electrons. The number of carbonyl (C=O) groups excluding carboxylic acids is 1. The standard InChI is InChI=1S/C18H20ClN5O3/c1-10-14(11(2)24-18(21-10)22-17(20)23-24)5-7-16(25)27-9-12-8-13(19)4-6-15(12)26-3/h4,6,8H,5,7,9H2,1-3H3,(H2,20,23). The first kappa shape index (κ1) is 18.9. The molecule has 3 rings (SSSR count). The summed E-state index contributed by atoms with van der Waals surface area (Å²) in [5.74, 6) is 0.908. The molecule has 0 aliphatic heterocycles. The molecule has 0 saturated carbocycles. The Hall–Kier alpha value is -2.87. The van der Waals surface area contributed by atoms with Gasteiger partial charge >= 0.3 is 5.97 Å². The van der Waals surface area contributed by atoms with Crippen molar-refractivity contribution < 1.29 is 14.3 Å². The zero-order valence-corrected chi connectivity index (χ0v) is 16.1. The Labute approximate surface area is 161 Å². The highest BCUT2D eigenvalue weighted by Gasteiger charge is 2.15. The maximum Gasteiger partial charge on any atom is 0.306 e. The highest BCUT2D eigenvalue weighted by atomic mass is 35.5. The molecular weight excluding hydrogens is 370 g/mol. The summed E-state index contributed by atoms with van der Waals surface area (Å²) >= 11 is 5.99. The molecule has 2 aromatic heterocycles. The van der Waals surface area contributed by atoms with Gasteiger partial charge in [-0.25, -0.2) is 4.98 Å². The van der Waals surface area contributed by atoms with Crippen LogP contribution in [0.3, 0.4) is 0 Å². The second-order valence-corrected chi connectivity index (χ2v) is 6.50. The first-order valence-electron chi connectivity index (χ1n) is 8.35. The highest BCUT2D eigenvalue weighted by Crippen LogP contribution is 2.23. The predicted molar refractivity (Wildman–Crippen MR) is 101 cm³/mol. The van der Waals surface area contributed by atoms with Gasteiger partial charge in [0.1, 0.15) is 12.4 Å². The fourth-order valence-corrected chi connectivity index (χ4v) is 3.10. The van der Waals surface area contributed by atoms with Gasteiger partial charge < -0.3 is 15.2 Å². The number of benzene rings is 1. The lowest BCUT2D eigenvalue weighted by molar-refractivity contribution is -0.144. The number of aryl methyl sites for hydroxylation is 2. The Morgan fingerprint density at radius 1 is 1.30 bits per heavy atom. The minimum absolute atomic E-state index is 0.0947. The van der Waals surface area contributed by atoms with Crippen molar-refractivity contribution in [2.75, 3.05) is 12.8 Å². The van der Waals surface area contributed by atoms with Crippen molar-refractivity contribution in [1.29, 1.82) is 0 Å². The van der Waals surface area contributed by atoms with Crippen LogP contribution in [0.4, 0.5) is 5.95 Å². The maximum absolute atomic E-state index is 12.2. The molecule has 0 saturated heterocycles. The number of ether oxygens (including phenoxy) is 2. The van der Waals surface area contributed by atoms with Gasteiger partial charge in [-0.1, -0.05) is 11.6 Å². The van der Waals surface area contributed by atoms with E-state index in [2.05, 4.69) is 15.1 Å². The number of halogens is 1. The number of carbonyl (C=O) groups is 1. The van der Waals surface area contributed by atoms with Gasteiger partial charge in [-0.3, -0.25) is 4.79 Å². The van der Waals surface area contributed by atoms with E-state index in [1.54, 1.807) is 29.8 Å². The lowest BCUT2D eigenvalue weighted by Crippen LogP contribution is -2.10. The molecule has 0 aliphatic carbocycles. The van der Waals surface area contributed by atoms with E-state index in [9.17, 15) is 4.79 Å². The molecule has 9 heteroatoms. The van der Waals surface area contributed by atoms with Crippen LogP contribution in [-0.2, 0) is 22.6 Å². The van der Waals surface area contributed by atoms with Crippen molar-refractivity contribution in [2.24, 2.45) is 0 Å². The number of hydrogen-bond acceptors (Lipinski definition) is 7. The molecule has 0 bridgehead atoms. The average molecular weight is 390 g/mol. The zero-order valence-electron chi connectivity index (χ0n) is 15.3. The van der Waals surface area contributed by atoms with E-state index in [-0.39, 0.29) is 24.9 Å². The third kappa shape index (κ3) is 4.11. The topological polar surface area (TPSA) is 105 Å². The Morgan fingerprint density at radius 3 is 2.81 bits per heavy atom. The van der Waals surface area contributed by atoms with Crippen molar-refractivity contribution in [2.45, 2.75) is 33.3 Å². The van der Waals surface area contributed by atoms with E-state index in [0.717, 1.165) is 17.0 Å². The molecule has 1 aromatic carbocycles. The van der Waals surface area contributed by atoms with Gasteiger partial charge in [0.05, 0.1) is 7.11 Å². The van der Waals surface area contributed by atoms with Gasteiger partial charge in [0.25, 0.3) is 5.78 Å². The molecule has 0 unspecified atom stereocenters. The van der Waals surface area contributed by atoms with E-state index in [1.807, 2.05) is 13.8 Å². The van der Waals surface area contributed by atoms with Crippen LogP contribution < -0.4 is 10.5 Å². The van der Waals surface area contributed by atoms with Gasteiger partial charge in [0.2, 0.25) is 5.95 Å². The number of nitrogens with zero attached hydrogens (tertiary/aromatic N) is 4. The summed E-state index contributed by atoms with van der Waals surface area (Å²) in [7, 11) is 1.56. The maximum atomic E-state index is 12.2. The minimum Gasteiger partial charge on any atom is -0.496 e. The lowest BCUT2D eigenvalue weighted by atomic mass is 10.1. The monoisotopic (exact) mass is 389 g/mol. The summed E-state index contributed by atoms with van der Waals surface area (Å²) in [5.41, 5.74) is 8.91. The summed E-state index contributed by atoms with van der Waals surface area (Å²) in [6.07, 6.45) is 0.688. The van der Waals surface area contributed by atoms with E-state index < -0.39 is 0 Å². The fourth-order valence-electron chi connectivity index (χ4n) is 2.90. The first-order chi connectivity index (χ1) is 12.9. The second kappa shape index (κ2) is 7.79. The third-order valence-corrected chi connectivity index (χ3v) is 4.51. The molecule has 0 aliphatic rings. The van der Waals surface area contributed by atoms with Crippen LogP contribution in [0.15, 0.2) is 18.2 Å². The molecule has 2 heterocycles. The molecule has 0 atom stereocenters. The third-order valence-electron chi connectivity index (χ3n) is 4.28. The number of rotatable bonds is 6.